The molecule has 0 amide bonds. The van der Waals surface area contributed by atoms with Gasteiger partial charge < -0.3 is 18.9 Å². The normalized spacial score (nSPS) is 13.8. The Morgan fingerprint density at radius 1 is 0.432 bits per heavy atom. The number of esters is 2. The summed E-state index contributed by atoms with van der Waals surface area (Å²) < 4.78 is 34.5. The van der Waals surface area contributed by atoms with Crippen molar-refractivity contribution in [2.45, 2.75) is 277 Å². The Morgan fingerprint density at radius 2 is 0.770 bits per heavy atom. The van der Waals surface area contributed by atoms with Crippen LogP contribution in [0.5, 0.6) is 0 Å². The first kappa shape index (κ1) is 71.5. The molecule has 0 saturated heterocycles. The SMILES string of the molecule is CC/C=C\C/C=C\C/C=C\C/C=C\CCCCC(=O)OC(COC(=O)CCCCCCCCCCCCCCCCCCCCCCCCC/C=C\C/C=C\CCCCCCC)COP(=O)(O)OCC[N+](C)(C)C. The Morgan fingerprint density at radius 3 is 1.18 bits per heavy atom. The number of nitrogens with zero attached hydrogens (tertiary/aromatic N) is 1. The lowest BCUT2D eigenvalue weighted by Gasteiger charge is -2.24. The van der Waals surface area contributed by atoms with Crippen LogP contribution in [-0.2, 0) is 32.7 Å². The fourth-order valence-electron chi connectivity index (χ4n) is 8.51. The van der Waals surface area contributed by atoms with Crippen molar-refractivity contribution in [3.8, 4) is 0 Å². The van der Waals surface area contributed by atoms with E-state index < -0.39 is 26.5 Å². The van der Waals surface area contributed by atoms with Gasteiger partial charge in [-0.25, -0.2) is 4.57 Å². The number of hydrogen-bond acceptors (Lipinski definition) is 7. The molecular weight excluding hydrogens is 942 g/mol. The van der Waals surface area contributed by atoms with Crippen LogP contribution in [0.15, 0.2) is 72.9 Å². The first-order valence-corrected chi connectivity index (χ1v) is 32.2. The minimum atomic E-state index is -4.40. The van der Waals surface area contributed by atoms with Crippen molar-refractivity contribution >= 4 is 19.8 Å². The number of phosphoric ester groups is 1. The molecule has 0 heterocycles. The quantitative estimate of drug-likeness (QED) is 0.0211. The van der Waals surface area contributed by atoms with Crippen LogP contribution in [0.4, 0.5) is 0 Å². The maximum atomic E-state index is 12.7. The van der Waals surface area contributed by atoms with Crippen molar-refractivity contribution in [1.29, 1.82) is 0 Å². The predicted molar refractivity (Wildman–Crippen MR) is 316 cm³/mol. The van der Waals surface area contributed by atoms with Gasteiger partial charge in [0, 0.05) is 12.8 Å². The van der Waals surface area contributed by atoms with Crippen LogP contribution in [0.3, 0.4) is 0 Å². The number of unbranched alkanes of at least 4 members (excludes halogenated alkanes) is 30. The zero-order valence-corrected chi connectivity index (χ0v) is 49.7. The largest absolute Gasteiger partial charge is 0.472 e. The average molecular weight is 1060 g/mol. The third kappa shape index (κ3) is 58.7. The topological polar surface area (TPSA) is 108 Å². The zero-order valence-electron chi connectivity index (χ0n) is 48.8. The molecular formula is C64H117NO8P+. The van der Waals surface area contributed by atoms with Crippen LogP contribution in [0, 0.1) is 0 Å². The molecule has 430 valence electrons. The summed E-state index contributed by atoms with van der Waals surface area (Å²) in [5, 5.41) is 0. The van der Waals surface area contributed by atoms with E-state index in [1.165, 1.54) is 173 Å². The molecule has 10 heteroatoms. The van der Waals surface area contributed by atoms with E-state index in [0.29, 0.717) is 17.4 Å². The lowest BCUT2D eigenvalue weighted by molar-refractivity contribution is -0.870. The van der Waals surface area contributed by atoms with E-state index in [4.69, 9.17) is 18.5 Å². The molecule has 1 N–H and O–H groups in total. The Bertz CT molecular complexity index is 1480. The van der Waals surface area contributed by atoms with Crippen LogP contribution in [0.2, 0.25) is 0 Å². The van der Waals surface area contributed by atoms with E-state index in [1.807, 2.05) is 21.1 Å². The van der Waals surface area contributed by atoms with Gasteiger partial charge in [0.25, 0.3) is 0 Å². The number of phosphoric acid groups is 1. The molecule has 0 saturated carbocycles. The maximum Gasteiger partial charge on any atom is 0.472 e. The molecule has 0 aliphatic rings. The number of carbonyl (C=O) groups is 2. The van der Waals surface area contributed by atoms with E-state index in [9.17, 15) is 19.0 Å². The number of likely N-dealkylation sites (N-methyl/N-ethyl adjacent to an activating group) is 1. The van der Waals surface area contributed by atoms with Crippen molar-refractivity contribution in [3.63, 3.8) is 0 Å². The standard InChI is InChI=1S/C64H116NO8P/c1-6-8-10-12-14-16-18-20-22-23-24-25-26-27-28-29-30-31-32-33-34-35-36-37-38-39-40-41-43-44-46-48-50-52-54-56-63(66)70-60-62(61-72-74(68,69)71-59-58-65(3,4)5)73-64(67)57-55-53-51-49-47-45-42-21-19-17-15-13-11-9-7-2/h9,11,15,17-18,20-21,23-24,42,47,49,62H,6-8,10,12-14,16,19,22,25-41,43-46,48,50-61H2,1-5H3/p+1/b11-9-,17-15-,20-18-,24-23-,42-21-,49-47-. The molecule has 0 aliphatic carbocycles. The Kier molecular flexibility index (Phi) is 53.3. The molecule has 0 fully saturated rings. The third-order valence-corrected chi connectivity index (χ3v) is 14.2. The van der Waals surface area contributed by atoms with Crippen molar-refractivity contribution < 1.29 is 42.1 Å². The molecule has 0 spiro atoms. The second kappa shape index (κ2) is 55.2. The molecule has 2 atom stereocenters. The smallest absolute Gasteiger partial charge is 0.462 e. The van der Waals surface area contributed by atoms with E-state index in [0.717, 1.165) is 64.2 Å². The van der Waals surface area contributed by atoms with E-state index in [1.54, 1.807) is 0 Å². The minimum absolute atomic E-state index is 0.0221. The van der Waals surface area contributed by atoms with Gasteiger partial charge in [-0.15, -0.1) is 0 Å². The molecule has 0 aromatic heterocycles. The van der Waals surface area contributed by atoms with Gasteiger partial charge in [0.05, 0.1) is 27.7 Å². The van der Waals surface area contributed by atoms with Crippen LogP contribution in [0.25, 0.3) is 0 Å². The Hall–Kier alpha value is -2.55. The summed E-state index contributed by atoms with van der Waals surface area (Å²) in [5.41, 5.74) is 0. The highest BCUT2D eigenvalue weighted by Crippen LogP contribution is 2.43. The summed E-state index contributed by atoms with van der Waals surface area (Å²) in [4.78, 5) is 35.6. The van der Waals surface area contributed by atoms with Crippen molar-refractivity contribution in [3.05, 3.63) is 72.9 Å². The highest BCUT2D eigenvalue weighted by atomic mass is 31.2. The second-order valence-corrected chi connectivity index (χ2v) is 23.2. The van der Waals surface area contributed by atoms with Gasteiger partial charge in [0.15, 0.2) is 6.10 Å². The van der Waals surface area contributed by atoms with Crippen LogP contribution in [0.1, 0.15) is 271 Å². The molecule has 9 nitrogen and oxygen atoms in total. The summed E-state index contributed by atoms with van der Waals surface area (Å²) in [6.07, 6.45) is 73.0. The van der Waals surface area contributed by atoms with Gasteiger partial charge in [-0.05, 0) is 83.5 Å². The molecule has 2 unspecified atom stereocenters. The van der Waals surface area contributed by atoms with Crippen LogP contribution < -0.4 is 0 Å². The summed E-state index contributed by atoms with van der Waals surface area (Å²) in [7, 11) is 1.45. The summed E-state index contributed by atoms with van der Waals surface area (Å²) >= 11 is 0. The molecule has 0 bridgehead atoms. The second-order valence-electron chi connectivity index (χ2n) is 21.7. The van der Waals surface area contributed by atoms with Gasteiger partial charge in [0.2, 0.25) is 0 Å². The van der Waals surface area contributed by atoms with Crippen molar-refractivity contribution in [2.75, 3.05) is 47.5 Å². The molecule has 0 aromatic carbocycles. The Balaban J connectivity index is 3.98. The summed E-state index contributed by atoms with van der Waals surface area (Å²) in [6, 6.07) is 0. The lowest BCUT2D eigenvalue weighted by Crippen LogP contribution is -2.37. The van der Waals surface area contributed by atoms with Crippen LogP contribution >= 0.6 is 7.82 Å². The van der Waals surface area contributed by atoms with Gasteiger partial charge in [-0.1, -0.05) is 247 Å². The van der Waals surface area contributed by atoms with E-state index in [-0.39, 0.29) is 32.0 Å². The van der Waals surface area contributed by atoms with E-state index in [2.05, 4.69) is 86.8 Å². The van der Waals surface area contributed by atoms with Gasteiger partial charge in [-0.3, -0.25) is 18.6 Å². The first-order chi connectivity index (χ1) is 36.0. The van der Waals surface area contributed by atoms with Crippen molar-refractivity contribution in [1.82, 2.24) is 0 Å². The molecule has 74 heavy (non-hydrogen) atoms. The fraction of sp³-hybridized carbons (Fsp3) is 0.781. The monoisotopic (exact) mass is 1060 g/mol. The molecule has 0 aromatic rings. The van der Waals surface area contributed by atoms with Crippen LogP contribution in [-0.4, -0.2) is 74.9 Å². The number of hydrogen-bond donors (Lipinski definition) is 1. The van der Waals surface area contributed by atoms with Gasteiger partial charge in [0.1, 0.15) is 19.8 Å². The number of quaternary nitrogens is 1. The number of allylic oxidation sites excluding steroid dienone is 12. The van der Waals surface area contributed by atoms with E-state index >= 15 is 0 Å². The molecule has 0 aliphatic heterocycles. The predicted octanol–water partition coefficient (Wildman–Crippen LogP) is 19.3. The number of rotatable bonds is 56. The third-order valence-electron chi connectivity index (χ3n) is 13.2. The molecule has 0 radical (unpaired) electrons. The van der Waals surface area contributed by atoms with Gasteiger partial charge >= 0.3 is 19.8 Å². The maximum absolute atomic E-state index is 12.7. The highest BCUT2D eigenvalue weighted by Gasteiger charge is 2.27. The highest BCUT2D eigenvalue weighted by molar-refractivity contribution is 7.47. The number of ether oxygens (including phenoxy) is 2. The number of carbonyl (C=O) groups excluding carboxylic acids is 2. The summed E-state index contributed by atoms with van der Waals surface area (Å²) in [5.74, 6) is -0.841. The molecule has 0 rings (SSSR count). The van der Waals surface area contributed by atoms with Gasteiger partial charge in [-0.2, -0.15) is 0 Å². The summed E-state index contributed by atoms with van der Waals surface area (Å²) in [6.45, 7) is 4.27. The van der Waals surface area contributed by atoms with Crippen molar-refractivity contribution in [2.24, 2.45) is 0 Å². The minimum Gasteiger partial charge on any atom is -0.462 e. The fourth-order valence-corrected chi connectivity index (χ4v) is 9.25. The Labute approximate surface area is 457 Å². The average Bonchev–Trinajstić information content (AvgIpc) is 3.36. The lowest BCUT2D eigenvalue weighted by atomic mass is 10.0. The zero-order chi connectivity index (χ0) is 54.2. The first-order valence-electron chi connectivity index (χ1n) is 30.7.